The molecule has 0 fully saturated rings. The molecule has 1 heterocycles. The number of para-hydroxylation sites is 1. The molecule has 0 radical (unpaired) electrons. The predicted octanol–water partition coefficient (Wildman–Crippen LogP) is 4.52. The normalized spacial score (nSPS) is 12.8. The zero-order valence-electron chi connectivity index (χ0n) is 13.5. The molecule has 0 aromatic heterocycles. The van der Waals surface area contributed by atoms with Crippen molar-refractivity contribution in [3.8, 4) is 11.5 Å². The minimum atomic E-state index is 0.0396. The van der Waals surface area contributed by atoms with Crippen LogP contribution >= 0.6 is 12.2 Å². The first kappa shape index (κ1) is 15.6. The molecule has 0 unspecified atom stereocenters. The maximum absolute atomic E-state index is 5.43. The molecule has 2 aromatic carbocycles. The summed E-state index contributed by atoms with van der Waals surface area (Å²) in [5, 5.41) is 7.01. The molecule has 0 bridgehead atoms. The van der Waals surface area contributed by atoms with Crippen LogP contribution < -0.4 is 20.1 Å². The Morgan fingerprint density at radius 2 is 1.74 bits per heavy atom. The summed E-state index contributed by atoms with van der Waals surface area (Å²) in [6.07, 6.45) is 0. The molecule has 0 amide bonds. The van der Waals surface area contributed by atoms with E-state index in [0.29, 0.717) is 5.11 Å². The molecule has 1 aliphatic rings. The lowest BCUT2D eigenvalue weighted by Gasteiger charge is -2.23. The average molecular weight is 328 g/mol. The average Bonchev–Trinajstić information content (AvgIpc) is 2.94. The third-order valence-electron chi connectivity index (χ3n) is 3.61. The molecule has 0 spiro atoms. The van der Waals surface area contributed by atoms with Crippen molar-refractivity contribution in [1.29, 1.82) is 0 Å². The summed E-state index contributed by atoms with van der Waals surface area (Å²) >= 11 is 5.43. The highest BCUT2D eigenvalue weighted by Gasteiger charge is 2.18. The standard InChI is InChI=1S/C18H20N2O2S/c1-18(2,3)13-6-4-5-7-14(13)20-17(23)19-12-8-9-15-16(10-12)22-11-21-15/h4-10H,11H2,1-3H3,(H2,19,20,23). The Labute approximate surface area is 141 Å². The van der Waals surface area contributed by atoms with Gasteiger partial charge in [0.25, 0.3) is 0 Å². The first-order valence-corrected chi connectivity index (χ1v) is 7.91. The van der Waals surface area contributed by atoms with Crippen molar-refractivity contribution < 1.29 is 9.47 Å². The summed E-state index contributed by atoms with van der Waals surface area (Å²) in [5.41, 5.74) is 3.13. The van der Waals surface area contributed by atoms with E-state index in [0.717, 1.165) is 22.9 Å². The lowest BCUT2D eigenvalue weighted by atomic mass is 9.86. The number of rotatable bonds is 2. The molecule has 3 rings (SSSR count). The Kier molecular flexibility index (Phi) is 4.13. The molecule has 1 aliphatic heterocycles. The van der Waals surface area contributed by atoms with Crippen LogP contribution in [-0.2, 0) is 5.41 Å². The Morgan fingerprint density at radius 1 is 1.00 bits per heavy atom. The summed E-state index contributed by atoms with van der Waals surface area (Å²) in [6.45, 7) is 6.81. The SMILES string of the molecule is CC(C)(C)c1ccccc1NC(=S)Nc1ccc2c(c1)OCO2. The summed E-state index contributed by atoms with van der Waals surface area (Å²) in [6, 6.07) is 13.9. The van der Waals surface area contributed by atoms with Crippen LogP contribution in [0.15, 0.2) is 42.5 Å². The van der Waals surface area contributed by atoms with Crippen molar-refractivity contribution in [2.24, 2.45) is 0 Å². The van der Waals surface area contributed by atoms with Crippen molar-refractivity contribution in [2.75, 3.05) is 17.4 Å². The van der Waals surface area contributed by atoms with Crippen molar-refractivity contribution in [3.63, 3.8) is 0 Å². The molecule has 0 saturated heterocycles. The van der Waals surface area contributed by atoms with Gasteiger partial charge < -0.3 is 20.1 Å². The van der Waals surface area contributed by atoms with Gasteiger partial charge >= 0.3 is 0 Å². The van der Waals surface area contributed by atoms with Gasteiger partial charge in [-0.2, -0.15) is 0 Å². The van der Waals surface area contributed by atoms with Gasteiger partial charge in [-0.3, -0.25) is 0 Å². The second-order valence-electron chi connectivity index (χ2n) is 6.44. The largest absolute Gasteiger partial charge is 0.454 e. The molecule has 120 valence electrons. The highest BCUT2D eigenvalue weighted by molar-refractivity contribution is 7.80. The molecule has 2 aromatic rings. The number of nitrogens with one attached hydrogen (secondary N) is 2. The van der Waals surface area contributed by atoms with Crippen LogP contribution in [0.1, 0.15) is 26.3 Å². The molecular formula is C18H20N2O2S. The number of ether oxygens (including phenoxy) is 2. The van der Waals surface area contributed by atoms with Crippen LogP contribution in [-0.4, -0.2) is 11.9 Å². The van der Waals surface area contributed by atoms with Gasteiger partial charge in [-0.15, -0.1) is 0 Å². The summed E-state index contributed by atoms with van der Waals surface area (Å²) in [7, 11) is 0. The van der Waals surface area contributed by atoms with E-state index in [1.165, 1.54) is 5.56 Å². The molecule has 5 heteroatoms. The van der Waals surface area contributed by atoms with Gasteiger partial charge in [-0.25, -0.2) is 0 Å². The fraction of sp³-hybridized carbons (Fsp3) is 0.278. The first-order valence-electron chi connectivity index (χ1n) is 7.51. The van der Waals surface area contributed by atoms with Crippen LogP contribution in [0, 0.1) is 0 Å². The summed E-state index contributed by atoms with van der Waals surface area (Å²) in [5.74, 6) is 1.49. The van der Waals surface area contributed by atoms with E-state index in [1.807, 2.05) is 36.4 Å². The van der Waals surface area contributed by atoms with Crippen LogP contribution in [0.2, 0.25) is 0 Å². The smallest absolute Gasteiger partial charge is 0.231 e. The lowest BCUT2D eigenvalue weighted by molar-refractivity contribution is 0.174. The van der Waals surface area contributed by atoms with Crippen LogP contribution in [0.25, 0.3) is 0 Å². The van der Waals surface area contributed by atoms with Gasteiger partial charge in [0.05, 0.1) is 0 Å². The Bertz CT molecular complexity index is 738. The number of benzene rings is 2. The molecule has 23 heavy (non-hydrogen) atoms. The Morgan fingerprint density at radius 3 is 2.52 bits per heavy atom. The maximum Gasteiger partial charge on any atom is 0.231 e. The van der Waals surface area contributed by atoms with Gasteiger partial charge in [0.2, 0.25) is 6.79 Å². The zero-order valence-corrected chi connectivity index (χ0v) is 14.3. The van der Waals surface area contributed by atoms with Gasteiger partial charge in [-0.05, 0) is 41.4 Å². The van der Waals surface area contributed by atoms with E-state index in [4.69, 9.17) is 21.7 Å². The minimum Gasteiger partial charge on any atom is -0.454 e. The Balaban J connectivity index is 1.73. The van der Waals surface area contributed by atoms with E-state index in [-0.39, 0.29) is 12.2 Å². The molecule has 2 N–H and O–H groups in total. The van der Waals surface area contributed by atoms with Crippen molar-refractivity contribution in [3.05, 3.63) is 48.0 Å². The number of hydrogen-bond donors (Lipinski definition) is 2. The second-order valence-corrected chi connectivity index (χ2v) is 6.85. The van der Waals surface area contributed by atoms with Gasteiger partial charge in [-0.1, -0.05) is 39.0 Å². The topological polar surface area (TPSA) is 42.5 Å². The summed E-state index contributed by atoms with van der Waals surface area (Å²) < 4.78 is 10.7. The van der Waals surface area contributed by atoms with Crippen LogP contribution in [0.3, 0.4) is 0 Å². The lowest BCUT2D eigenvalue weighted by Crippen LogP contribution is -2.22. The number of thiocarbonyl (C=S) groups is 1. The third-order valence-corrected chi connectivity index (χ3v) is 3.82. The van der Waals surface area contributed by atoms with Gasteiger partial charge in [0, 0.05) is 17.4 Å². The van der Waals surface area contributed by atoms with E-state index in [2.05, 4.69) is 37.5 Å². The molecule has 0 saturated carbocycles. The molecule has 0 atom stereocenters. The number of fused-ring (bicyclic) bond motifs is 1. The van der Waals surface area contributed by atoms with Crippen molar-refractivity contribution in [2.45, 2.75) is 26.2 Å². The molecular weight excluding hydrogens is 308 g/mol. The minimum absolute atomic E-state index is 0.0396. The predicted molar refractivity (Wildman–Crippen MR) is 97.6 cm³/mol. The third kappa shape index (κ3) is 3.56. The number of hydrogen-bond acceptors (Lipinski definition) is 3. The van der Waals surface area contributed by atoms with E-state index in [1.54, 1.807) is 0 Å². The monoisotopic (exact) mass is 328 g/mol. The molecule has 0 aliphatic carbocycles. The first-order chi connectivity index (χ1) is 10.9. The quantitative estimate of drug-likeness (QED) is 0.793. The second kappa shape index (κ2) is 6.08. The fourth-order valence-corrected chi connectivity index (χ4v) is 2.73. The highest BCUT2D eigenvalue weighted by atomic mass is 32.1. The van der Waals surface area contributed by atoms with Crippen molar-refractivity contribution >= 4 is 28.7 Å². The van der Waals surface area contributed by atoms with E-state index in [9.17, 15) is 0 Å². The highest BCUT2D eigenvalue weighted by Crippen LogP contribution is 2.34. The summed E-state index contributed by atoms with van der Waals surface area (Å²) in [4.78, 5) is 0. The van der Waals surface area contributed by atoms with Gasteiger partial charge in [0.1, 0.15) is 0 Å². The van der Waals surface area contributed by atoms with E-state index >= 15 is 0 Å². The van der Waals surface area contributed by atoms with Gasteiger partial charge in [0.15, 0.2) is 16.6 Å². The van der Waals surface area contributed by atoms with Crippen LogP contribution in [0.5, 0.6) is 11.5 Å². The number of anilines is 2. The zero-order chi connectivity index (χ0) is 16.4. The fourth-order valence-electron chi connectivity index (χ4n) is 2.51. The molecule has 4 nitrogen and oxygen atoms in total. The van der Waals surface area contributed by atoms with Crippen LogP contribution in [0.4, 0.5) is 11.4 Å². The Hall–Kier alpha value is -2.27. The van der Waals surface area contributed by atoms with Crippen molar-refractivity contribution in [1.82, 2.24) is 0 Å². The maximum atomic E-state index is 5.43. The van der Waals surface area contributed by atoms with E-state index < -0.39 is 0 Å².